The number of methoxy groups -OCH3 is 1. The van der Waals surface area contributed by atoms with E-state index in [9.17, 15) is 24.3 Å². The first-order chi connectivity index (χ1) is 28.7. The minimum Gasteiger partial charge on any atom is -0.508 e. The number of phenolic OH excluding ortho intramolecular Hbond substituents is 1. The number of phenols is 1. The van der Waals surface area contributed by atoms with Gasteiger partial charge in [0.1, 0.15) is 23.9 Å². The Balaban J connectivity index is 1.34. The molecule has 0 radical (unpaired) electrons. The molecule has 2 saturated heterocycles. The zero-order chi connectivity index (χ0) is 42.9. The van der Waals surface area contributed by atoms with Crippen molar-refractivity contribution in [3.05, 3.63) is 71.5 Å². The number of esters is 1. The Morgan fingerprint density at radius 1 is 1.12 bits per heavy atom. The Morgan fingerprint density at radius 3 is 2.60 bits per heavy atom. The number of fused-ring (bicyclic) bond motifs is 6. The summed E-state index contributed by atoms with van der Waals surface area (Å²) >= 11 is 0. The van der Waals surface area contributed by atoms with E-state index >= 15 is 0 Å². The predicted molar refractivity (Wildman–Crippen MR) is 226 cm³/mol. The highest BCUT2D eigenvalue weighted by atomic mass is 16.5. The number of nitrogens with one attached hydrogen (secondary N) is 2. The highest BCUT2D eigenvalue weighted by Crippen LogP contribution is 2.41. The van der Waals surface area contributed by atoms with Crippen molar-refractivity contribution in [3.63, 3.8) is 0 Å². The summed E-state index contributed by atoms with van der Waals surface area (Å²) < 4.78 is 19.2. The molecular weight excluding hydrogens is 765 g/mol. The zero-order valence-electron chi connectivity index (χ0n) is 35.7. The molecule has 3 atom stereocenters. The molecule has 3 aliphatic heterocycles. The SMILES string of the molecule is CCn1c(-c2cnccc2COC)c2c3cc(ccc31)-c1cc(O)cc(c1)C[C@H](NC(=O)[C@H](C(C)C)N(C)C(=O)C1COC1)C(=O)N1CCC[C@H](N1)C(=O)OCC(C)(C)C2. The van der Waals surface area contributed by atoms with Gasteiger partial charge < -0.3 is 34.1 Å². The lowest BCUT2D eigenvalue weighted by molar-refractivity contribution is -0.156. The number of likely N-dealkylation sites (N-methyl/N-ethyl adjacent to an activating group) is 1. The first kappa shape index (κ1) is 42.8. The van der Waals surface area contributed by atoms with Gasteiger partial charge in [0, 0.05) is 67.9 Å². The highest BCUT2D eigenvalue weighted by molar-refractivity contribution is 5.96. The Bertz CT molecular complexity index is 2260. The summed E-state index contributed by atoms with van der Waals surface area (Å²) in [7, 11) is 3.28. The van der Waals surface area contributed by atoms with Gasteiger partial charge in [0.2, 0.25) is 11.8 Å². The summed E-state index contributed by atoms with van der Waals surface area (Å²) in [5, 5.41) is 16.6. The minimum absolute atomic E-state index is 0.00859. The lowest BCUT2D eigenvalue weighted by atomic mass is 9.84. The van der Waals surface area contributed by atoms with Gasteiger partial charge in [-0.1, -0.05) is 39.8 Å². The standard InChI is InChI=1S/C46H58N6O8/c1-8-51-39-12-11-29-20-34(39)35(41(51)36-22-47-14-13-30(36)23-58-7)21-46(4,5)26-60-45(57)37-10-9-15-52(49-37)44(56)38(18-28-16-31(29)19-33(53)17-28)48-42(54)40(27(2)3)50(6)43(55)32-24-59-25-32/h11-14,16-17,19-20,22,27,32,37-38,40,49,53H,8-10,15,18,21,23-26H2,1-7H3,(H,48,54)/t37-,38-,40-/m0/s1. The molecule has 3 aliphatic rings. The number of cyclic esters (lactones) is 1. The van der Waals surface area contributed by atoms with E-state index in [0.29, 0.717) is 57.7 Å². The van der Waals surface area contributed by atoms with Gasteiger partial charge in [0.15, 0.2) is 0 Å². The number of pyridine rings is 1. The maximum atomic E-state index is 14.5. The van der Waals surface area contributed by atoms with E-state index in [1.165, 1.54) is 9.91 Å². The molecule has 3 amide bonds. The second-order valence-corrected chi connectivity index (χ2v) is 17.6. The zero-order valence-corrected chi connectivity index (χ0v) is 35.7. The maximum absolute atomic E-state index is 14.5. The maximum Gasteiger partial charge on any atom is 0.324 e. The number of aromatic hydroxyl groups is 1. The van der Waals surface area contributed by atoms with Gasteiger partial charge in [0.25, 0.3) is 5.91 Å². The number of aryl methyl sites for hydroxylation is 1. The van der Waals surface area contributed by atoms with Crippen LogP contribution in [0, 0.1) is 17.3 Å². The van der Waals surface area contributed by atoms with E-state index in [1.54, 1.807) is 32.5 Å². The van der Waals surface area contributed by atoms with Crippen molar-refractivity contribution in [2.24, 2.45) is 17.3 Å². The van der Waals surface area contributed by atoms with Crippen LogP contribution < -0.4 is 10.7 Å². The van der Waals surface area contributed by atoms with E-state index in [0.717, 1.165) is 44.4 Å². The van der Waals surface area contributed by atoms with Crippen LogP contribution in [0.15, 0.2) is 54.9 Å². The quantitative estimate of drug-likeness (QED) is 0.196. The van der Waals surface area contributed by atoms with Crippen molar-refractivity contribution < 1.29 is 38.5 Å². The lowest BCUT2D eigenvalue weighted by Crippen LogP contribution is -2.62. The molecule has 5 heterocycles. The monoisotopic (exact) mass is 822 g/mol. The fourth-order valence-corrected chi connectivity index (χ4v) is 8.92. The first-order valence-corrected chi connectivity index (χ1v) is 21.0. The predicted octanol–water partition coefficient (Wildman–Crippen LogP) is 5.02. The summed E-state index contributed by atoms with van der Waals surface area (Å²) in [4.78, 5) is 61.9. The molecule has 0 saturated carbocycles. The second-order valence-electron chi connectivity index (χ2n) is 17.6. The molecule has 320 valence electrons. The van der Waals surface area contributed by atoms with Gasteiger partial charge in [-0.15, -0.1) is 0 Å². The van der Waals surface area contributed by atoms with E-state index in [4.69, 9.17) is 14.2 Å². The molecule has 14 heteroatoms. The van der Waals surface area contributed by atoms with Gasteiger partial charge in [-0.05, 0) is 90.3 Å². The number of hydrazine groups is 1. The molecule has 14 nitrogen and oxygen atoms in total. The average molecular weight is 823 g/mol. The Kier molecular flexibility index (Phi) is 12.6. The largest absolute Gasteiger partial charge is 0.508 e. The number of hydrogen-bond donors (Lipinski definition) is 3. The molecular formula is C46H58N6O8. The van der Waals surface area contributed by atoms with Crippen LogP contribution in [0.4, 0.5) is 0 Å². The van der Waals surface area contributed by atoms with E-state index in [2.05, 4.69) is 53.2 Å². The molecule has 2 aromatic carbocycles. The summed E-state index contributed by atoms with van der Waals surface area (Å²) in [6, 6.07) is 10.7. The van der Waals surface area contributed by atoms with Crippen molar-refractivity contribution >= 4 is 34.6 Å². The number of ether oxygens (including phenoxy) is 3. The number of rotatable bonds is 9. The summed E-state index contributed by atoms with van der Waals surface area (Å²) in [5.41, 5.74) is 9.87. The van der Waals surface area contributed by atoms with Crippen molar-refractivity contribution in [2.75, 3.05) is 40.5 Å². The van der Waals surface area contributed by atoms with E-state index < -0.39 is 41.3 Å². The number of carbonyl (C=O) groups excluding carboxylic acids is 4. The van der Waals surface area contributed by atoms with Crippen molar-refractivity contribution in [2.45, 2.75) is 91.6 Å². The number of benzene rings is 2. The molecule has 0 unspecified atom stereocenters. The van der Waals surface area contributed by atoms with Crippen LogP contribution in [0.25, 0.3) is 33.3 Å². The number of nitrogens with zero attached hydrogens (tertiary/aromatic N) is 4. The van der Waals surface area contributed by atoms with Crippen LogP contribution in [0.2, 0.25) is 0 Å². The summed E-state index contributed by atoms with van der Waals surface area (Å²) in [6.07, 6.45) is 5.23. The van der Waals surface area contributed by atoms with Gasteiger partial charge >= 0.3 is 5.97 Å². The van der Waals surface area contributed by atoms with Crippen LogP contribution >= 0.6 is 0 Å². The molecule has 60 heavy (non-hydrogen) atoms. The highest BCUT2D eigenvalue weighted by Gasteiger charge is 2.40. The number of amides is 3. The normalized spacial score (nSPS) is 20.3. The topological polar surface area (TPSA) is 165 Å². The molecule has 2 fully saturated rings. The van der Waals surface area contributed by atoms with Gasteiger partial charge in [-0.25, -0.2) is 5.43 Å². The van der Waals surface area contributed by atoms with Gasteiger partial charge in [-0.3, -0.25) is 29.2 Å². The minimum atomic E-state index is -1.11. The van der Waals surface area contributed by atoms with E-state index in [1.807, 2.05) is 38.2 Å². The van der Waals surface area contributed by atoms with Crippen molar-refractivity contribution in [1.29, 1.82) is 0 Å². The molecule has 4 aromatic rings. The van der Waals surface area contributed by atoms with Crippen molar-refractivity contribution in [1.82, 2.24) is 30.2 Å². The van der Waals surface area contributed by atoms with Crippen molar-refractivity contribution in [3.8, 4) is 28.1 Å². The van der Waals surface area contributed by atoms with Crippen LogP contribution in [-0.2, 0) is 59.4 Å². The molecule has 3 N–H and O–H groups in total. The Hall–Kier alpha value is -5.31. The third-order valence-corrected chi connectivity index (χ3v) is 12.0. The Morgan fingerprint density at radius 2 is 1.90 bits per heavy atom. The fraction of sp³-hybridized carbons (Fsp3) is 0.500. The van der Waals surface area contributed by atoms with E-state index in [-0.39, 0.29) is 36.5 Å². The smallest absolute Gasteiger partial charge is 0.324 e. The van der Waals surface area contributed by atoms with Crippen LogP contribution in [-0.4, -0.2) is 107 Å². The number of hydrogen-bond acceptors (Lipinski definition) is 10. The molecule has 6 bridgehead atoms. The second kappa shape index (κ2) is 17.7. The van der Waals surface area contributed by atoms with Gasteiger partial charge in [-0.2, -0.15) is 0 Å². The number of carbonyl (C=O) groups is 4. The Labute approximate surface area is 351 Å². The lowest BCUT2D eigenvalue weighted by Gasteiger charge is -2.37. The fourth-order valence-electron chi connectivity index (χ4n) is 8.92. The summed E-state index contributed by atoms with van der Waals surface area (Å²) in [5.74, 6) is -2.16. The third-order valence-electron chi connectivity index (χ3n) is 12.0. The molecule has 2 aromatic heterocycles. The van der Waals surface area contributed by atoms with Crippen LogP contribution in [0.1, 0.15) is 64.2 Å². The number of aromatic nitrogens is 2. The third kappa shape index (κ3) is 8.77. The van der Waals surface area contributed by atoms with Crippen LogP contribution in [0.3, 0.4) is 0 Å². The van der Waals surface area contributed by atoms with Crippen LogP contribution in [0.5, 0.6) is 5.75 Å². The van der Waals surface area contributed by atoms with Gasteiger partial charge in [0.05, 0.1) is 38.0 Å². The molecule has 0 spiro atoms. The first-order valence-electron chi connectivity index (χ1n) is 21.0. The molecule has 7 rings (SSSR count). The summed E-state index contributed by atoms with van der Waals surface area (Å²) in [6.45, 7) is 12.1. The molecule has 0 aliphatic carbocycles. The average Bonchev–Trinajstić information content (AvgIpc) is 3.49.